The van der Waals surface area contributed by atoms with Gasteiger partial charge in [-0.2, -0.15) is 0 Å². The van der Waals surface area contributed by atoms with Crippen LogP contribution < -0.4 is 28.7 Å². The molecule has 17 atom stereocenters. The Kier molecular flexibility index (Phi) is 11.1. The first kappa shape index (κ1) is 34.1. The second kappa shape index (κ2) is 13.7. The summed E-state index contributed by atoms with van der Waals surface area (Å²) in [5.41, 5.74) is 29.0. The van der Waals surface area contributed by atoms with Crippen LogP contribution in [0.15, 0.2) is 0 Å². The van der Waals surface area contributed by atoms with Gasteiger partial charge in [-0.15, -0.1) is 0 Å². The molecule has 4 aliphatic rings. The highest BCUT2D eigenvalue weighted by Crippen LogP contribution is 2.37. The quantitative estimate of drug-likeness (QED) is 0.114. The third-order valence-corrected chi connectivity index (χ3v) is 8.21. The van der Waals surface area contributed by atoms with Crippen LogP contribution in [-0.4, -0.2) is 160 Å². The van der Waals surface area contributed by atoms with E-state index in [0.29, 0.717) is 0 Å². The number of aliphatic hydroxyl groups excluding tert-OH is 6. The van der Waals surface area contributed by atoms with Crippen LogP contribution >= 0.6 is 0 Å². The van der Waals surface area contributed by atoms with Gasteiger partial charge in [-0.25, -0.2) is 8.78 Å². The molecule has 3 aliphatic heterocycles. The largest absolute Gasteiger partial charge is 0.394 e. The van der Waals surface area contributed by atoms with Crippen LogP contribution in [0.1, 0.15) is 12.8 Å². The fourth-order valence-electron chi connectivity index (χ4n) is 5.70. The van der Waals surface area contributed by atoms with Crippen LogP contribution in [0.5, 0.6) is 0 Å². The number of alkyl halides is 2. The SMILES string of the molecule is NC[C@@H]1O[C@H](O[C@H]2[C@@H](O)[C@H](O[C@@H]3[C@@H](O)[C@H](N)C[C@H](N)[C@H]3O[C@H]3O[C@H](CN)C(F)(F)[C@H](O)[C@H]3N)O[C@@H]2CO)C[C@@H](O)[C@@H]1O. The monoisotopic (exact) mass is 619 g/mol. The number of nitrogens with two attached hydrogens (primary N) is 5. The molecule has 1 saturated carbocycles. The van der Waals surface area contributed by atoms with Crippen LogP contribution in [0.4, 0.5) is 8.78 Å². The van der Waals surface area contributed by atoms with E-state index in [0.717, 1.165) is 0 Å². The molecule has 0 aromatic heterocycles. The van der Waals surface area contributed by atoms with Gasteiger partial charge in [0.05, 0.1) is 24.9 Å². The minimum absolute atomic E-state index is 0.00126. The Labute approximate surface area is 239 Å². The van der Waals surface area contributed by atoms with Gasteiger partial charge in [-0.3, -0.25) is 0 Å². The molecule has 0 radical (unpaired) electrons. The Bertz CT molecular complexity index is 886. The number of hydrogen-bond donors (Lipinski definition) is 11. The zero-order valence-electron chi connectivity index (χ0n) is 22.6. The van der Waals surface area contributed by atoms with E-state index in [4.69, 9.17) is 57.1 Å². The Morgan fingerprint density at radius 1 is 0.714 bits per heavy atom. The average molecular weight is 620 g/mol. The van der Waals surface area contributed by atoms with Gasteiger partial charge in [0.2, 0.25) is 0 Å². The van der Waals surface area contributed by atoms with E-state index < -0.39 is 123 Å². The molecule has 19 heteroatoms. The fraction of sp³-hybridized carbons (Fsp3) is 1.00. The minimum Gasteiger partial charge on any atom is -0.394 e. The van der Waals surface area contributed by atoms with Crippen molar-refractivity contribution in [1.82, 2.24) is 0 Å². The molecular formula is C23H43F2N5O12. The molecule has 3 heterocycles. The minimum atomic E-state index is -3.77. The topological polar surface area (TPSA) is 307 Å². The zero-order chi connectivity index (χ0) is 31.1. The summed E-state index contributed by atoms with van der Waals surface area (Å²) in [5.74, 6) is -3.77. The standard InChI is InChI=1S/C23H43F2N5O12/c24-23(25)11(4-27)39-21(13(30)20(23)36)41-17-7(29)1-6(28)14(33)19(17)42-22-16(35)18(10(5-31)38-22)40-12-2-8(32)15(34)9(3-26)37-12/h6-22,31-36H,1-5,26-30H2/t6-,7+,8-,9+,10-,11-,12-,13-,14+,15+,16-,17-,18-,19-,20-,21-,22+/m1/s1. The number of aliphatic hydroxyl groups is 6. The van der Waals surface area contributed by atoms with Gasteiger partial charge < -0.3 is 87.7 Å². The number of hydrogen-bond acceptors (Lipinski definition) is 17. The van der Waals surface area contributed by atoms with Crippen molar-refractivity contribution >= 4 is 0 Å². The number of halogens is 2. The molecule has 17 nitrogen and oxygen atoms in total. The molecular weight excluding hydrogens is 576 g/mol. The van der Waals surface area contributed by atoms with Gasteiger partial charge in [0.25, 0.3) is 0 Å². The first-order chi connectivity index (χ1) is 19.7. The maximum Gasteiger partial charge on any atom is 0.302 e. The molecule has 0 unspecified atom stereocenters. The van der Waals surface area contributed by atoms with Crippen molar-refractivity contribution in [3.05, 3.63) is 0 Å². The second-order valence-electron chi connectivity index (χ2n) is 11.1. The Morgan fingerprint density at radius 2 is 1.38 bits per heavy atom. The Morgan fingerprint density at radius 3 is 2.00 bits per heavy atom. The van der Waals surface area contributed by atoms with Gasteiger partial charge in [0, 0.05) is 31.6 Å². The van der Waals surface area contributed by atoms with Crippen molar-refractivity contribution in [3.63, 3.8) is 0 Å². The van der Waals surface area contributed by atoms with Gasteiger partial charge >= 0.3 is 5.92 Å². The van der Waals surface area contributed by atoms with Gasteiger partial charge in [0.1, 0.15) is 54.9 Å². The highest BCUT2D eigenvalue weighted by atomic mass is 19.3. The maximum atomic E-state index is 14.4. The Hall–Kier alpha value is -0.820. The van der Waals surface area contributed by atoms with Crippen molar-refractivity contribution in [2.75, 3.05) is 19.7 Å². The molecule has 16 N–H and O–H groups in total. The molecule has 42 heavy (non-hydrogen) atoms. The lowest BCUT2D eigenvalue weighted by molar-refractivity contribution is -0.333. The molecule has 0 aromatic carbocycles. The fourth-order valence-corrected chi connectivity index (χ4v) is 5.70. The summed E-state index contributed by atoms with van der Waals surface area (Å²) in [7, 11) is 0. The summed E-state index contributed by atoms with van der Waals surface area (Å²) < 4.78 is 62.7. The molecule has 0 aromatic rings. The number of rotatable bonds is 9. The maximum absolute atomic E-state index is 14.4. The van der Waals surface area contributed by atoms with Gasteiger partial charge in [0.15, 0.2) is 18.9 Å². The van der Waals surface area contributed by atoms with E-state index in [1.165, 1.54) is 0 Å². The summed E-state index contributed by atoms with van der Waals surface area (Å²) in [6.07, 6.45) is -20.6. The van der Waals surface area contributed by atoms with Crippen LogP contribution in [0.3, 0.4) is 0 Å². The van der Waals surface area contributed by atoms with Crippen molar-refractivity contribution < 1.29 is 67.8 Å². The lowest BCUT2D eigenvalue weighted by atomic mass is 9.84. The molecule has 0 bridgehead atoms. The van der Waals surface area contributed by atoms with E-state index in [2.05, 4.69) is 0 Å². The van der Waals surface area contributed by atoms with Gasteiger partial charge in [-0.1, -0.05) is 0 Å². The highest BCUT2D eigenvalue weighted by molar-refractivity contribution is 5.03. The van der Waals surface area contributed by atoms with Crippen molar-refractivity contribution in [1.29, 1.82) is 0 Å². The predicted octanol–water partition coefficient (Wildman–Crippen LogP) is -6.56. The number of ether oxygens (including phenoxy) is 6. The summed E-state index contributed by atoms with van der Waals surface area (Å²) in [5, 5.41) is 62.1. The molecule has 3 saturated heterocycles. The van der Waals surface area contributed by atoms with Crippen molar-refractivity contribution in [2.24, 2.45) is 28.7 Å². The molecule has 4 rings (SSSR count). The zero-order valence-corrected chi connectivity index (χ0v) is 22.6. The van der Waals surface area contributed by atoms with Crippen molar-refractivity contribution in [2.45, 2.75) is 123 Å². The van der Waals surface area contributed by atoms with E-state index in [9.17, 15) is 39.4 Å². The first-order valence-electron chi connectivity index (χ1n) is 13.7. The third-order valence-electron chi connectivity index (χ3n) is 8.21. The highest BCUT2D eigenvalue weighted by Gasteiger charge is 2.58. The van der Waals surface area contributed by atoms with E-state index in [-0.39, 0.29) is 19.4 Å². The van der Waals surface area contributed by atoms with Crippen LogP contribution in [0.2, 0.25) is 0 Å². The van der Waals surface area contributed by atoms with Crippen LogP contribution in [0.25, 0.3) is 0 Å². The summed E-state index contributed by atoms with van der Waals surface area (Å²) in [6, 6.07) is -3.64. The third kappa shape index (κ3) is 6.58. The predicted molar refractivity (Wildman–Crippen MR) is 134 cm³/mol. The molecule has 1 aliphatic carbocycles. The second-order valence-corrected chi connectivity index (χ2v) is 11.1. The summed E-state index contributed by atoms with van der Waals surface area (Å²) >= 11 is 0. The smallest absolute Gasteiger partial charge is 0.302 e. The average Bonchev–Trinajstić information content (AvgIpc) is 3.24. The lowest BCUT2D eigenvalue weighted by Gasteiger charge is -2.47. The van der Waals surface area contributed by atoms with E-state index >= 15 is 0 Å². The lowest BCUT2D eigenvalue weighted by Crippen LogP contribution is -2.69. The summed E-state index contributed by atoms with van der Waals surface area (Å²) in [4.78, 5) is 0. The Balaban J connectivity index is 1.49. The van der Waals surface area contributed by atoms with Crippen LogP contribution in [0, 0.1) is 0 Å². The first-order valence-corrected chi connectivity index (χ1v) is 13.7. The molecule has 4 fully saturated rings. The van der Waals surface area contributed by atoms with Crippen LogP contribution in [-0.2, 0) is 28.4 Å². The van der Waals surface area contributed by atoms with Crippen molar-refractivity contribution in [3.8, 4) is 0 Å². The normalized spacial score (nSPS) is 51.5. The molecule has 0 amide bonds. The molecule has 0 spiro atoms. The van der Waals surface area contributed by atoms with E-state index in [1.807, 2.05) is 0 Å². The van der Waals surface area contributed by atoms with E-state index in [1.54, 1.807) is 0 Å². The summed E-state index contributed by atoms with van der Waals surface area (Å²) in [6.45, 7) is -1.45. The van der Waals surface area contributed by atoms with Gasteiger partial charge in [-0.05, 0) is 6.42 Å². The molecule has 246 valence electrons.